The molecule has 1 aliphatic rings. The van der Waals surface area contributed by atoms with Crippen LogP contribution in [0.5, 0.6) is 5.75 Å². The highest BCUT2D eigenvalue weighted by atomic mass is 16.5. The van der Waals surface area contributed by atoms with Crippen LogP contribution in [-0.4, -0.2) is 30.4 Å². The van der Waals surface area contributed by atoms with E-state index < -0.39 is 0 Å². The van der Waals surface area contributed by atoms with Crippen LogP contribution >= 0.6 is 0 Å². The van der Waals surface area contributed by atoms with Crippen molar-refractivity contribution >= 4 is 11.6 Å². The number of carbonyl (C=O) groups is 1. The Morgan fingerprint density at radius 3 is 2.52 bits per heavy atom. The number of rotatable bonds is 6. The minimum Gasteiger partial charge on any atom is -0.487 e. The van der Waals surface area contributed by atoms with E-state index in [1.807, 2.05) is 54.6 Å². The molecular formula is C21H26N2O2. The van der Waals surface area contributed by atoms with Gasteiger partial charge in [-0.15, -0.1) is 0 Å². The Morgan fingerprint density at radius 1 is 1.08 bits per heavy atom. The fraction of sp³-hybridized carbons (Fsp3) is 0.381. The quantitative estimate of drug-likeness (QED) is 0.867. The third-order valence-electron chi connectivity index (χ3n) is 4.64. The summed E-state index contributed by atoms with van der Waals surface area (Å²) in [5.41, 5.74) is 1.83. The van der Waals surface area contributed by atoms with Gasteiger partial charge in [-0.05, 0) is 49.5 Å². The molecule has 4 heteroatoms. The lowest BCUT2D eigenvalue weighted by molar-refractivity contribution is -0.117. The zero-order valence-corrected chi connectivity index (χ0v) is 14.8. The summed E-state index contributed by atoms with van der Waals surface area (Å²) in [7, 11) is 0. The van der Waals surface area contributed by atoms with Gasteiger partial charge < -0.3 is 10.1 Å². The second-order valence-electron chi connectivity index (χ2n) is 6.78. The lowest BCUT2D eigenvalue weighted by Crippen LogP contribution is -2.38. The summed E-state index contributed by atoms with van der Waals surface area (Å²) in [4.78, 5) is 14.6. The van der Waals surface area contributed by atoms with Crippen LogP contribution in [0.25, 0.3) is 0 Å². The maximum Gasteiger partial charge on any atom is 0.238 e. The van der Waals surface area contributed by atoms with E-state index >= 15 is 0 Å². The van der Waals surface area contributed by atoms with Crippen LogP contribution in [0.4, 0.5) is 5.69 Å². The van der Waals surface area contributed by atoms with Gasteiger partial charge in [0.1, 0.15) is 12.4 Å². The number of benzene rings is 2. The number of anilines is 1. The number of ether oxygens (including phenoxy) is 1. The number of carbonyl (C=O) groups excluding carboxylic acids is 1. The molecule has 0 saturated carbocycles. The molecule has 2 aromatic carbocycles. The zero-order chi connectivity index (χ0) is 17.5. The molecule has 0 bridgehead atoms. The monoisotopic (exact) mass is 338 g/mol. The minimum absolute atomic E-state index is 0.0188. The molecule has 1 aliphatic heterocycles. The summed E-state index contributed by atoms with van der Waals surface area (Å²) >= 11 is 0. The Bertz CT molecular complexity index is 679. The summed E-state index contributed by atoms with van der Waals surface area (Å²) in [5, 5.41) is 3.00. The highest BCUT2D eigenvalue weighted by Crippen LogP contribution is 2.25. The van der Waals surface area contributed by atoms with E-state index in [-0.39, 0.29) is 5.91 Å². The SMILES string of the molecule is CC1CCN(CC(=O)Nc2ccccc2OCc2ccccc2)CC1. The molecule has 1 heterocycles. The number of amides is 1. The van der Waals surface area contributed by atoms with Crippen molar-refractivity contribution < 1.29 is 9.53 Å². The summed E-state index contributed by atoms with van der Waals surface area (Å²) in [6.45, 7) is 5.21. The number of nitrogens with zero attached hydrogens (tertiary/aromatic N) is 1. The maximum absolute atomic E-state index is 12.4. The lowest BCUT2D eigenvalue weighted by atomic mass is 9.99. The molecule has 0 radical (unpaired) electrons. The van der Waals surface area contributed by atoms with Crippen LogP contribution in [-0.2, 0) is 11.4 Å². The first-order chi connectivity index (χ1) is 12.2. The summed E-state index contributed by atoms with van der Waals surface area (Å²) in [6, 6.07) is 17.6. The zero-order valence-electron chi connectivity index (χ0n) is 14.8. The average Bonchev–Trinajstić information content (AvgIpc) is 2.64. The maximum atomic E-state index is 12.4. The lowest BCUT2D eigenvalue weighted by Gasteiger charge is -2.29. The molecule has 1 saturated heterocycles. The van der Waals surface area contributed by atoms with Crippen molar-refractivity contribution in [1.82, 2.24) is 4.90 Å². The van der Waals surface area contributed by atoms with Gasteiger partial charge in [-0.1, -0.05) is 49.4 Å². The van der Waals surface area contributed by atoms with E-state index in [2.05, 4.69) is 17.1 Å². The second kappa shape index (κ2) is 8.67. The predicted molar refractivity (Wildman–Crippen MR) is 101 cm³/mol. The van der Waals surface area contributed by atoms with Crippen LogP contribution in [0, 0.1) is 5.92 Å². The van der Waals surface area contributed by atoms with Crippen LogP contribution in [0.2, 0.25) is 0 Å². The molecule has 4 nitrogen and oxygen atoms in total. The standard InChI is InChI=1S/C21H26N2O2/c1-17-11-13-23(14-12-17)15-21(24)22-19-9-5-6-10-20(19)25-16-18-7-3-2-4-8-18/h2-10,17H,11-16H2,1H3,(H,22,24). The molecule has 1 N–H and O–H groups in total. The first-order valence-corrected chi connectivity index (χ1v) is 8.98. The van der Waals surface area contributed by atoms with Gasteiger partial charge in [-0.2, -0.15) is 0 Å². The van der Waals surface area contributed by atoms with Crippen LogP contribution in [0.15, 0.2) is 54.6 Å². The molecule has 0 spiro atoms. The van der Waals surface area contributed by atoms with E-state index in [0.717, 1.165) is 30.3 Å². The molecule has 0 atom stereocenters. The molecule has 0 aliphatic carbocycles. The van der Waals surface area contributed by atoms with Crippen LogP contribution < -0.4 is 10.1 Å². The number of hydrogen-bond donors (Lipinski definition) is 1. The van der Waals surface area contributed by atoms with Crippen LogP contribution in [0.3, 0.4) is 0 Å². The van der Waals surface area contributed by atoms with Gasteiger partial charge in [-0.3, -0.25) is 9.69 Å². The van der Waals surface area contributed by atoms with Crippen molar-refractivity contribution in [3.05, 3.63) is 60.2 Å². The Kier molecular flexibility index (Phi) is 6.07. The summed E-state index contributed by atoms with van der Waals surface area (Å²) < 4.78 is 5.90. The first kappa shape index (κ1) is 17.5. The van der Waals surface area contributed by atoms with Crippen molar-refractivity contribution in [2.24, 2.45) is 5.92 Å². The molecular weight excluding hydrogens is 312 g/mol. The largest absolute Gasteiger partial charge is 0.487 e. The van der Waals surface area contributed by atoms with Crippen molar-refractivity contribution in [1.29, 1.82) is 0 Å². The van der Waals surface area contributed by atoms with E-state index in [1.54, 1.807) is 0 Å². The molecule has 1 fully saturated rings. The highest BCUT2D eigenvalue weighted by molar-refractivity contribution is 5.93. The fourth-order valence-electron chi connectivity index (χ4n) is 3.04. The predicted octanol–water partition coefficient (Wildman–Crippen LogP) is 3.94. The average molecular weight is 338 g/mol. The molecule has 25 heavy (non-hydrogen) atoms. The van der Waals surface area contributed by atoms with E-state index in [4.69, 9.17) is 4.74 Å². The Balaban J connectivity index is 1.56. The number of piperidine rings is 1. The molecule has 0 aromatic heterocycles. The van der Waals surface area contributed by atoms with Crippen LogP contribution in [0.1, 0.15) is 25.3 Å². The summed E-state index contributed by atoms with van der Waals surface area (Å²) in [5.74, 6) is 1.49. The Hall–Kier alpha value is -2.33. The third-order valence-corrected chi connectivity index (χ3v) is 4.64. The number of hydrogen-bond acceptors (Lipinski definition) is 3. The third kappa shape index (κ3) is 5.33. The fourth-order valence-corrected chi connectivity index (χ4v) is 3.04. The van der Waals surface area contributed by atoms with Gasteiger partial charge in [0.05, 0.1) is 12.2 Å². The van der Waals surface area contributed by atoms with Crippen molar-refractivity contribution in [3.63, 3.8) is 0 Å². The molecule has 1 amide bonds. The van der Waals surface area contributed by atoms with E-state index in [9.17, 15) is 4.79 Å². The minimum atomic E-state index is 0.0188. The summed E-state index contributed by atoms with van der Waals surface area (Å²) in [6.07, 6.45) is 2.34. The molecule has 0 unspecified atom stereocenters. The van der Waals surface area contributed by atoms with Gasteiger partial charge in [0.2, 0.25) is 5.91 Å². The van der Waals surface area contributed by atoms with Gasteiger partial charge in [-0.25, -0.2) is 0 Å². The van der Waals surface area contributed by atoms with E-state index in [0.29, 0.717) is 18.9 Å². The normalized spacial score (nSPS) is 15.7. The van der Waals surface area contributed by atoms with Crippen molar-refractivity contribution in [2.45, 2.75) is 26.4 Å². The Labute approximate surface area is 149 Å². The number of likely N-dealkylation sites (tertiary alicyclic amines) is 1. The van der Waals surface area contributed by atoms with Crippen molar-refractivity contribution in [3.8, 4) is 5.75 Å². The van der Waals surface area contributed by atoms with Gasteiger partial charge in [0.15, 0.2) is 0 Å². The van der Waals surface area contributed by atoms with Gasteiger partial charge >= 0.3 is 0 Å². The highest BCUT2D eigenvalue weighted by Gasteiger charge is 2.18. The number of nitrogens with one attached hydrogen (secondary N) is 1. The molecule has 132 valence electrons. The topological polar surface area (TPSA) is 41.6 Å². The van der Waals surface area contributed by atoms with Gasteiger partial charge in [0, 0.05) is 0 Å². The number of para-hydroxylation sites is 2. The van der Waals surface area contributed by atoms with Gasteiger partial charge in [0.25, 0.3) is 0 Å². The second-order valence-corrected chi connectivity index (χ2v) is 6.78. The molecule has 3 rings (SSSR count). The van der Waals surface area contributed by atoms with Crippen molar-refractivity contribution in [2.75, 3.05) is 25.0 Å². The first-order valence-electron chi connectivity index (χ1n) is 8.98. The Morgan fingerprint density at radius 2 is 1.76 bits per heavy atom. The smallest absolute Gasteiger partial charge is 0.238 e. The van der Waals surface area contributed by atoms with E-state index in [1.165, 1.54) is 12.8 Å². The molecule has 2 aromatic rings.